The first-order chi connectivity index (χ1) is 9.55. The van der Waals surface area contributed by atoms with E-state index in [9.17, 15) is 8.42 Å². The average Bonchev–Trinajstić information content (AvgIpc) is 2.45. The van der Waals surface area contributed by atoms with Gasteiger partial charge in [-0.05, 0) is 24.3 Å². The number of methoxy groups -OCH3 is 2. The van der Waals surface area contributed by atoms with E-state index in [2.05, 4.69) is 4.72 Å². The number of hydrogen-bond donors (Lipinski definition) is 1. The summed E-state index contributed by atoms with van der Waals surface area (Å²) in [5.74, 6) is 1.11. The number of sulfonamides is 1. The minimum atomic E-state index is -3.60. The summed E-state index contributed by atoms with van der Waals surface area (Å²) in [5, 5.41) is 0. The van der Waals surface area contributed by atoms with Crippen LogP contribution in [0.2, 0.25) is 0 Å². The van der Waals surface area contributed by atoms with Crippen molar-refractivity contribution in [2.24, 2.45) is 0 Å². The van der Waals surface area contributed by atoms with Crippen LogP contribution in [0.4, 0.5) is 5.69 Å². The van der Waals surface area contributed by atoms with Gasteiger partial charge in [0, 0.05) is 23.3 Å². The van der Waals surface area contributed by atoms with Crippen LogP contribution in [0.1, 0.15) is 0 Å². The van der Waals surface area contributed by atoms with Crippen molar-refractivity contribution in [1.29, 1.82) is 0 Å². The highest BCUT2D eigenvalue weighted by Crippen LogP contribution is 2.41. The molecule has 1 N–H and O–H groups in total. The summed E-state index contributed by atoms with van der Waals surface area (Å²) in [4.78, 5) is 0.217. The quantitative estimate of drug-likeness (QED) is 0.923. The fraction of sp³-hybridized carbons (Fsp3) is 0.143. The lowest BCUT2D eigenvalue weighted by atomic mass is 10.0. The smallest absolute Gasteiger partial charge is 0.262 e. The van der Waals surface area contributed by atoms with Crippen LogP contribution in [0.25, 0.3) is 11.1 Å². The van der Waals surface area contributed by atoms with Gasteiger partial charge in [0.1, 0.15) is 11.5 Å². The van der Waals surface area contributed by atoms with Gasteiger partial charge in [-0.3, -0.25) is 4.72 Å². The first-order valence-electron chi connectivity index (χ1n) is 5.94. The van der Waals surface area contributed by atoms with Crippen LogP contribution in [0.5, 0.6) is 11.5 Å². The molecule has 2 aromatic rings. The molecule has 0 aromatic heterocycles. The minimum absolute atomic E-state index is 0.217. The summed E-state index contributed by atoms with van der Waals surface area (Å²) in [6, 6.07) is 10.3. The summed E-state index contributed by atoms with van der Waals surface area (Å²) in [5.41, 5.74) is 1.99. The highest BCUT2D eigenvalue weighted by Gasteiger charge is 2.28. The summed E-state index contributed by atoms with van der Waals surface area (Å²) >= 11 is 0. The van der Waals surface area contributed by atoms with Crippen molar-refractivity contribution in [2.75, 3.05) is 18.9 Å². The largest absolute Gasteiger partial charge is 0.497 e. The van der Waals surface area contributed by atoms with E-state index < -0.39 is 10.0 Å². The third-order valence-electron chi connectivity index (χ3n) is 3.24. The summed E-state index contributed by atoms with van der Waals surface area (Å²) in [7, 11) is -0.556. The van der Waals surface area contributed by atoms with Gasteiger partial charge >= 0.3 is 0 Å². The number of rotatable bonds is 2. The van der Waals surface area contributed by atoms with Gasteiger partial charge in [-0.2, -0.15) is 0 Å². The Labute approximate surface area is 117 Å². The topological polar surface area (TPSA) is 64.6 Å². The molecular formula is C14H13NO4S. The van der Waals surface area contributed by atoms with Crippen molar-refractivity contribution in [3.8, 4) is 22.6 Å². The Morgan fingerprint density at radius 2 is 1.50 bits per heavy atom. The van der Waals surface area contributed by atoms with Crippen molar-refractivity contribution in [2.45, 2.75) is 4.90 Å². The molecule has 6 heteroatoms. The first-order valence-corrected chi connectivity index (χ1v) is 7.43. The Kier molecular flexibility index (Phi) is 2.83. The number of nitrogens with one attached hydrogen (secondary N) is 1. The number of fused-ring (bicyclic) bond motifs is 3. The van der Waals surface area contributed by atoms with E-state index in [0.29, 0.717) is 22.7 Å². The highest BCUT2D eigenvalue weighted by molar-refractivity contribution is 7.93. The second-order valence-electron chi connectivity index (χ2n) is 4.38. The third kappa shape index (κ3) is 1.89. The highest BCUT2D eigenvalue weighted by atomic mass is 32.2. The molecule has 0 spiro atoms. The second-order valence-corrected chi connectivity index (χ2v) is 6.03. The molecule has 0 saturated carbocycles. The minimum Gasteiger partial charge on any atom is -0.497 e. The van der Waals surface area contributed by atoms with Crippen LogP contribution in [-0.4, -0.2) is 22.6 Å². The van der Waals surface area contributed by atoms with Gasteiger partial charge in [-0.1, -0.05) is 0 Å². The lowest BCUT2D eigenvalue weighted by Crippen LogP contribution is -2.18. The Balaban J connectivity index is 2.28. The van der Waals surface area contributed by atoms with E-state index in [1.807, 2.05) is 6.07 Å². The number of hydrogen-bond acceptors (Lipinski definition) is 4. The van der Waals surface area contributed by atoms with Crippen LogP contribution < -0.4 is 14.2 Å². The molecule has 1 heterocycles. The van der Waals surface area contributed by atoms with E-state index in [0.717, 1.165) is 5.56 Å². The monoisotopic (exact) mass is 291 g/mol. The number of ether oxygens (including phenoxy) is 2. The average molecular weight is 291 g/mol. The maximum atomic E-state index is 12.3. The molecule has 104 valence electrons. The number of benzene rings is 2. The predicted molar refractivity (Wildman–Crippen MR) is 75.8 cm³/mol. The third-order valence-corrected chi connectivity index (χ3v) is 4.64. The molecule has 0 atom stereocenters. The van der Waals surface area contributed by atoms with Gasteiger partial charge in [0.15, 0.2) is 0 Å². The Bertz CT molecular complexity index is 784. The lowest BCUT2D eigenvalue weighted by molar-refractivity contribution is 0.413. The predicted octanol–water partition coefficient (Wildman–Crippen LogP) is 2.49. The van der Waals surface area contributed by atoms with Crippen molar-refractivity contribution in [3.63, 3.8) is 0 Å². The zero-order chi connectivity index (χ0) is 14.3. The van der Waals surface area contributed by atoms with Gasteiger partial charge in [-0.15, -0.1) is 0 Å². The van der Waals surface area contributed by atoms with Crippen LogP contribution >= 0.6 is 0 Å². The van der Waals surface area contributed by atoms with E-state index in [4.69, 9.17) is 9.47 Å². The number of anilines is 1. The summed E-state index contributed by atoms with van der Waals surface area (Å²) in [6.45, 7) is 0. The molecule has 0 fully saturated rings. The zero-order valence-electron chi connectivity index (χ0n) is 11.0. The lowest BCUT2D eigenvalue weighted by Gasteiger charge is -2.22. The van der Waals surface area contributed by atoms with Crippen molar-refractivity contribution in [3.05, 3.63) is 36.4 Å². The van der Waals surface area contributed by atoms with Gasteiger partial charge in [0.05, 0.1) is 24.8 Å². The molecule has 0 saturated heterocycles. The van der Waals surface area contributed by atoms with Gasteiger partial charge in [0.2, 0.25) is 0 Å². The van der Waals surface area contributed by atoms with Crippen LogP contribution in [0.15, 0.2) is 41.3 Å². The summed E-state index contributed by atoms with van der Waals surface area (Å²) in [6.07, 6.45) is 0. The van der Waals surface area contributed by atoms with E-state index in [1.165, 1.54) is 20.3 Å². The normalized spacial score (nSPS) is 14.7. The molecule has 0 radical (unpaired) electrons. The molecular weight excluding hydrogens is 278 g/mol. The Morgan fingerprint density at radius 3 is 2.15 bits per heavy atom. The molecule has 5 nitrogen and oxygen atoms in total. The molecule has 1 aliphatic heterocycles. The SMILES string of the molecule is COc1ccc2c(c1)NS(=O)(=O)c1cc(OC)ccc1-2. The van der Waals surface area contributed by atoms with Gasteiger partial charge < -0.3 is 9.47 Å². The fourth-order valence-corrected chi connectivity index (χ4v) is 3.55. The molecule has 0 bridgehead atoms. The van der Waals surface area contributed by atoms with Crippen molar-refractivity contribution >= 4 is 15.7 Å². The van der Waals surface area contributed by atoms with E-state index in [-0.39, 0.29) is 4.90 Å². The van der Waals surface area contributed by atoms with Crippen LogP contribution in [0, 0.1) is 0 Å². The molecule has 20 heavy (non-hydrogen) atoms. The van der Waals surface area contributed by atoms with E-state index >= 15 is 0 Å². The van der Waals surface area contributed by atoms with Gasteiger partial charge in [-0.25, -0.2) is 8.42 Å². The maximum absolute atomic E-state index is 12.3. The molecule has 3 rings (SSSR count). The summed E-state index contributed by atoms with van der Waals surface area (Å²) < 4.78 is 37.4. The Morgan fingerprint density at radius 1 is 0.900 bits per heavy atom. The molecule has 2 aromatic carbocycles. The van der Waals surface area contributed by atoms with Gasteiger partial charge in [0.25, 0.3) is 10.0 Å². The molecule has 0 amide bonds. The second kappa shape index (κ2) is 4.42. The van der Waals surface area contributed by atoms with Crippen LogP contribution in [-0.2, 0) is 10.0 Å². The Hall–Kier alpha value is -2.21. The van der Waals surface area contributed by atoms with E-state index in [1.54, 1.807) is 24.3 Å². The molecule has 0 unspecified atom stereocenters. The zero-order valence-corrected chi connectivity index (χ0v) is 11.8. The van der Waals surface area contributed by atoms with Crippen LogP contribution in [0.3, 0.4) is 0 Å². The van der Waals surface area contributed by atoms with Crippen molar-refractivity contribution in [1.82, 2.24) is 0 Å². The maximum Gasteiger partial charge on any atom is 0.262 e. The first kappa shape index (κ1) is 12.8. The fourth-order valence-electron chi connectivity index (χ4n) is 2.24. The standard InChI is InChI=1S/C14H13NO4S/c1-18-9-3-5-11-12-6-4-10(19-2)8-14(12)20(16,17)15-13(11)7-9/h3-8,15H,1-2H3. The molecule has 0 aliphatic carbocycles. The molecule has 1 aliphatic rings. The van der Waals surface area contributed by atoms with Crippen molar-refractivity contribution < 1.29 is 17.9 Å².